The maximum Gasteiger partial charge on any atom is 0.317 e. The number of amides is 2. The second kappa shape index (κ2) is 9.15. The van der Waals surface area contributed by atoms with Gasteiger partial charge in [0, 0.05) is 19.6 Å². The molecule has 1 unspecified atom stereocenters. The third-order valence-corrected chi connectivity index (χ3v) is 4.22. The zero-order valence-electron chi connectivity index (χ0n) is 15.0. The first-order valence-electron chi connectivity index (χ1n) is 8.49. The Hall–Kier alpha value is -2.44. The minimum absolute atomic E-state index is 0.177. The van der Waals surface area contributed by atoms with E-state index in [2.05, 4.69) is 5.32 Å². The van der Waals surface area contributed by atoms with Crippen molar-refractivity contribution in [2.24, 2.45) is 5.92 Å². The van der Waals surface area contributed by atoms with Gasteiger partial charge in [-0.3, -0.25) is 4.79 Å². The summed E-state index contributed by atoms with van der Waals surface area (Å²) < 4.78 is 15.5. The molecule has 1 fully saturated rings. The molecular formula is C18H26N2O5. The van der Waals surface area contributed by atoms with Crippen molar-refractivity contribution < 1.29 is 23.8 Å². The Morgan fingerprint density at radius 1 is 1.24 bits per heavy atom. The lowest BCUT2D eigenvalue weighted by Crippen LogP contribution is -2.47. The van der Waals surface area contributed by atoms with Gasteiger partial charge in [-0.2, -0.15) is 0 Å². The van der Waals surface area contributed by atoms with Crippen molar-refractivity contribution in [3.63, 3.8) is 0 Å². The maximum absolute atomic E-state index is 12.4. The summed E-state index contributed by atoms with van der Waals surface area (Å²) in [6, 6.07) is 5.33. The Kier molecular flexibility index (Phi) is 6.91. The lowest BCUT2D eigenvalue weighted by atomic mass is 9.98. The Balaban J connectivity index is 1.90. The summed E-state index contributed by atoms with van der Waals surface area (Å²) in [6.45, 7) is 3.57. The van der Waals surface area contributed by atoms with Crippen LogP contribution in [0.3, 0.4) is 0 Å². The molecule has 2 amide bonds. The molecule has 7 heteroatoms. The number of carbonyl (C=O) groups is 2. The van der Waals surface area contributed by atoms with Crippen LogP contribution in [-0.4, -0.2) is 50.8 Å². The van der Waals surface area contributed by atoms with Gasteiger partial charge >= 0.3 is 12.0 Å². The molecule has 0 saturated carbocycles. The highest BCUT2D eigenvalue weighted by Crippen LogP contribution is 2.27. The molecule has 0 spiro atoms. The number of hydrogen-bond acceptors (Lipinski definition) is 5. The van der Waals surface area contributed by atoms with Crippen LogP contribution >= 0.6 is 0 Å². The van der Waals surface area contributed by atoms with Gasteiger partial charge in [-0.1, -0.05) is 6.07 Å². The highest BCUT2D eigenvalue weighted by molar-refractivity contribution is 5.77. The van der Waals surface area contributed by atoms with E-state index in [0.717, 1.165) is 18.4 Å². The number of methoxy groups -OCH3 is 2. The van der Waals surface area contributed by atoms with Crippen molar-refractivity contribution in [1.29, 1.82) is 0 Å². The molecule has 25 heavy (non-hydrogen) atoms. The Bertz CT molecular complexity index is 605. The van der Waals surface area contributed by atoms with Gasteiger partial charge in [-0.25, -0.2) is 4.79 Å². The molecule has 1 atom stereocenters. The highest BCUT2D eigenvalue weighted by Gasteiger charge is 2.29. The molecule has 138 valence electrons. The summed E-state index contributed by atoms with van der Waals surface area (Å²) in [6.07, 6.45) is 1.56. The fourth-order valence-corrected chi connectivity index (χ4v) is 2.89. The van der Waals surface area contributed by atoms with Crippen molar-refractivity contribution in [3.05, 3.63) is 23.8 Å². The zero-order valence-corrected chi connectivity index (χ0v) is 15.0. The first-order valence-corrected chi connectivity index (χ1v) is 8.49. The van der Waals surface area contributed by atoms with Gasteiger partial charge in [0.05, 0.1) is 26.7 Å². The van der Waals surface area contributed by atoms with Gasteiger partial charge in [0.25, 0.3) is 0 Å². The average Bonchev–Trinajstić information content (AvgIpc) is 2.66. The van der Waals surface area contributed by atoms with Crippen LogP contribution in [-0.2, 0) is 16.1 Å². The third kappa shape index (κ3) is 5.01. The topological polar surface area (TPSA) is 77.1 Å². The Labute approximate surface area is 148 Å². The molecule has 0 aliphatic carbocycles. The van der Waals surface area contributed by atoms with Gasteiger partial charge in [0.15, 0.2) is 11.5 Å². The fraction of sp³-hybridized carbons (Fsp3) is 0.556. The van der Waals surface area contributed by atoms with Crippen LogP contribution in [0.25, 0.3) is 0 Å². The monoisotopic (exact) mass is 350 g/mol. The number of piperidine rings is 1. The molecule has 0 aromatic heterocycles. The van der Waals surface area contributed by atoms with Crippen molar-refractivity contribution in [3.8, 4) is 11.5 Å². The number of nitrogens with one attached hydrogen (secondary N) is 1. The number of rotatable bonds is 6. The molecule has 1 aromatic carbocycles. The summed E-state index contributed by atoms with van der Waals surface area (Å²) in [5.74, 6) is 0.806. The van der Waals surface area contributed by atoms with E-state index in [-0.39, 0.29) is 17.9 Å². The molecule has 1 heterocycles. The van der Waals surface area contributed by atoms with Crippen LogP contribution in [0, 0.1) is 5.92 Å². The lowest BCUT2D eigenvalue weighted by Gasteiger charge is -2.31. The summed E-state index contributed by atoms with van der Waals surface area (Å²) in [5, 5.41) is 2.89. The first kappa shape index (κ1) is 18.9. The summed E-state index contributed by atoms with van der Waals surface area (Å²) in [5.41, 5.74) is 0.907. The number of nitrogens with zero attached hydrogens (tertiary/aromatic N) is 1. The minimum atomic E-state index is -0.236. The van der Waals surface area contributed by atoms with Crippen LogP contribution in [0.5, 0.6) is 11.5 Å². The van der Waals surface area contributed by atoms with E-state index in [1.807, 2.05) is 12.1 Å². The number of ether oxygens (including phenoxy) is 3. The fourth-order valence-electron chi connectivity index (χ4n) is 2.89. The molecule has 1 aromatic rings. The Morgan fingerprint density at radius 3 is 2.68 bits per heavy atom. The molecule has 0 radical (unpaired) electrons. The van der Waals surface area contributed by atoms with Gasteiger partial charge in [0.2, 0.25) is 0 Å². The average molecular weight is 350 g/mol. The van der Waals surface area contributed by atoms with Crippen molar-refractivity contribution in [2.45, 2.75) is 26.3 Å². The highest BCUT2D eigenvalue weighted by atomic mass is 16.5. The van der Waals surface area contributed by atoms with Crippen LogP contribution in [0.1, 0.15) is 25.3 Å². The van der Waals surface area contributed by atoms with E-state index >= 15 is 0 Å². The first-order chi connectivity index (χ1) is 12.1. The van der Waals surface area contributed by atoms with E-state index in [1.54, 1.807) is 32.1 Å². The number of likely N-dealkylation sites (tertiary alicyclic amines) is 1. The molecule has 2 rings (SSSR count). The minimum Gasteiger partial charge on any atom is -0.493 e. The molecule has 1 aliphatic heterocycles. The van der Waals surface area contributed by atoms with E-state index in [0.29, 0.717) is 37.7 Å². The maximum atomic E-state index is 12.4. The Morgan fingerprint density at radius 2 is 2.00 bits per heavy atom. The van der Waals surface area contributed by atoms with Gasteiger partial charge < -0.3 is 24.4 Å². The second-order valence-corrected chi connectivity index (χ2v) is 5.89. The number of hydrogen-bond donors (Lipinski definition) is 1. The SMILES string of the molecule is CCOC(=O)C1CCCN(C(=O)NCc2ccc(OC)c(OC)c2)C1. The molecule has 1 saturated heterocycles. The summed E-state index contributed by atoms with van der Waals surface area (Å²) in [7, 11) is 3.15. The van der Waals surface area contributed by atoms with Crippen LogP contribution < -0.4 is 14.8 Å². The second-order valence-electron chi connectivity index (χ2n) is 5.89. The van der Waals surface area contributed by atoms with E-state index < -0.39 is 0 Å². The smallest absolute Gasteiger partial charge is 0.317 e. The van der Waals surface area contributed by atoms with Crippen LogP contribution in [0.4, 0.5) is 4.79 Å². The van der Waals surface area contributed by atoms with E-state index in [4.69, 9.17) is 14.2 Å². The van der Waals surface area contributed by atoms with Gasteiger partial charge in [-0.15, -0.1) is 0 Å². The molecular weight excluding hydrogens is 324 g/mol. The van der Waals surface area contributed by atoms with Gasteiger partial charge in [-0.05, 0) is 37.5 Å². The normalized spacial score (nSPS) is 16.9. The standard InChI is InChI=1S/C18H26N2O5/c1-4-25-17(21)14-6-5-9-20(12-14)18(22)19-11-13-7-8-15(23-2)16(10-13)24-3/h7-8,10,14H,4-6,9,11-12H2,1-3H3,(H,19,22). The van der Waals surface area contributed by atoms with Crippen molar-refractivity contribution in [2.75, 3.05) is 33.9 Å². The lowest BCUT2D eigenvalue weighted by molar-refractivity contribution is -0.149. The molecule has 1 N–H and O–H groups in total. The molecule has 7 nitrogen and oxygen atoms in total. The summed E-state index contributed by atoms with van der Waals surface area (Å²) in [4.78, 5) is 25.9. The van der Waals surface area contributed by atoms with E-state index in [1.165, 1.54) is 0 Å². The number of esters is 1. The van der Waals surface area contributed by atoms with Gasteiger partial charge in [0.1, 0.15) is 0 Å². The van der Waals surface area contributed by atoms with Crippen molar-refractivity contribution >= 4 is 12.0 Å². The molecule has 1 aliphatic rings. The number of urea groups is 1. The van der Waals surface area contributed by atoms with Crippen LogP contribution in [0.15, 0.2) is 18.2 Å². The predicted octanol–water partition coefficient (Wildman–Crippen LogP) is 2.19. The van der Waals surface area contributed by atoms with Crippen molar-refractivity contribution in [1.82, 2.24) is 10.2 Å². The van der Waals surface area contributed by atoms with E-state index in [9.17, 15) is 9.59 Å². The number of carbonyl (C=O) groups excluding carboxylic acids is 2. The quantitative estimate of drug-likeness (QED) is 0.796. The zero-order chi connectivity index (χ0) is 18.2. The largest absolute Gasteiger partial charge is 0.493 e. The number of benzene rings is 1. The molecule has 0 bridgehead atoms. The van der Waals surface area contributed by atoms with Crippen LogP contribution in [0.2, 0.25) is 0 Å². The summed E-state index contributed by atoms with van der Waals surface area (Å²) >= 11 is 0. The predicted molar refractivity (Wildman–Crippen MR) is 92.7 cm³/mol. The third-order valence-electron chi connectivity index (χ3n) is 4.22.